The van der Waals surface area contributed by atoms with Crippen LogP contribution >= 0.6 is 15.9 Å². The maximum Gasteiger partial charge on any atom is 0.226 e. The average Bonchev–Trinajstić information content (AvgIpc) is 2.69. The quantitative estimate of drug-likeness (QED) is 0.636. The van der Waals surface area contributed by atoms with E-state index in [1.54, 1.807) is 0 Å². The third-order valence-corrected chi connectivity index (χ3v) is 5.63. The van der Waals surface area contributed by atoms with Crippen LogP contribution in [0.1, 0.15) is 49.8 Å². The van der Waals surface area contributed by atoms with Crippen molar-refractivity contribution in [3.05, 3.63) is 64.1 Å². The molecule has 2 aromatic carbocycles. The van der Waals surface area contributed by atoms with Crippen molar-refractivity contribution < 1.29 is 9.59 Å². The lowest BCUT2D eigenvalue weighted by molar-refractivity contribution is -0.120. The first kappa shape index (κ1) is 21.5. The van der Waals surface area contributed by atoms with E-state index in [4.69, 9.17) is 0 Å². The van der Waals surface area contributed by atoms with Crippen LogP contribution in [0.25, 0.3) is 0 Å². The van der Waals surface area contributed by atoms with Crippen molar-refractivity contribution in [1.29, 1.82) is 0 Å². The number of piperidine rings is 1. The standard InChI is InChI=1S/C23H28BrN3O2/c1-17(28)25-22(19-8-10-20(24)11-9-19)15-23(29)26-21-7-5-6-18(14-21)16-27-12-3-2-4-13-27/h5-11,14,22H,2-4,12-13,15-16H2,1H3,(H,25,28)(H,26,29). The number of benzene rings is 2. The summed E-state index contributed by atoms with van der Waals surface area (Å²) >= 11 is 3.41. The smallest absolute Gasteiger partial charge is 0.226 e. The Labute approximate surface area is 181 Å². The molecule has 0 aromatic heterocycles. The molecule has 5 nitrogen and oxygen atoms in total. The number of carbonyl (C=O) groups is 2. The van der Waals surface area contributed by atoms with E-state index in [1.165, 1.54) is 31.7 Å². The number of amides is 2. The number of hydrogen-bond acceptors (Lipinski definition) is 3. The largest absolute Gasteiger partial charge is 0.349 e. The molecular formula is C23H28BrN3O2. The van der Waals surface area contributed by atoms with Crippen LogP contribution in [0.4, 0.5) is 5.69 Å². The van der Waals surface area contributed by atoms with Crippen molar-refractivity contribution in [3.63, 3.8) is 0 Å². The van der Waals surface area contributed by atoms with Gasteiger partial charge in [-0.05, 0) is 61.3 Å². The van der Waals surface area contributed by atoms with Gasteiger partial charge >= 0.3 is 0 Å². The maximum atomic E-state index is 12.7. The molecular weight excluding hydrogens is 430 g/mol. The molecule has 3 rings (SSSR count). The van der Waals surface area contributed by atoms with E-state index in [0.717, 1.165) is 35.4 Å². The molecule has 0 aliphatic carbocycles. The number of anilines is 1. The van der Waals surface area contributed by atoms with Crippen LogP contribution in [0.5, 0.6) is 0 Å². The highest BCUT2D eigenvalue weighted by molar-refractivity contribution is 9.10. The van der Waals surface area contributed by atoms with Gasteiger partial charge in [-0.2, -0.15) is 0 Å². The first-order valence-corrected chi connectivity index (χ1v) is 10.9. The Hall–Kier alpha value is -2.18. The van der Waals surface area contributed by atoms with Gasteiger partial charge in [0.2, 0.25) is 11.8 Å². The highest BCUT2D eigenvalue weighted by Crippen LogP contribution is 2.21. The summed E-state index contributed by atoms with van der Waals surface area (Å²) in [7, 11) is 0. The summed E-state index contributed by atoms with van der Waals surface area (Å²) in [6.45, 7) is 4.66. The molecule has 154 valence electrons. The second-order valence-electron chi connectivity index (χ2n) is 7.59. The maximum absolute atomic E-state index is 12.7. The molecule has 1 saturated heterocycles. The Morgan fingerprint density at radius 2 is 1.79 bits per heavy atom. The Kier molecular flexibility index (Phi) is 7.83. The fraction of sp³-hybridized carbons (Fsp3) is 0.391. The topological polar surface area (TPSA) is 61.4 Å². The molecule has 1 heterocycles. The molecule has 1 aliphatic rings. The van der Waals surface area contributed by atoms with Crippen LogP contribution in [0.15, 0.2) is 53.0 Å². The number of rotatable bonds is 7. The molecule has 1 atom stereocenters. The van der Waals surface area contributed by atoms with Gasteiger partial charge in [0.25, 0.3) is 0 Å². The molecule has 2 aromatic rings. The van der Waals surface area contributed by atoms with Gasteiger partial charge < -0.3 is 10.6 Å². The van der Waals surface area contributed by atoms with Gasteiger partial charge in [0, 0.05) is 23.6 Å². The lowest BCUT2D eigenvalue weighted by atomic mass is 10.0. The Morgan fingerprint density at radius 3 is 2.48 bits per heavy atom. The Bertz CT molecular complexity index is 832. The number of likely N-dealkylation sites (tertiary alicyclic amines) is 1. The fourth-order valence-electron chi connectivity index (χ4n) is 3.71. The second-order valence-corrected chi connectivity index (χ2v) is 8.51. The summed E-state index contributed by atoms with van der Waals surface area (Å²) < 4.78 is 0.956. The van der Waals surface area contributed by atoms with E-state index >= 15 is 0 Å². The third-order valence-electron chi connectivity index (χ3n) is 5.10. The number of halogens is 1. The van der Waals surface area contributed by atoms with Crippen molar-refractivity contribution in [3.8, 4) is 0 Å². The van der Waals surface area contributed by atoms with Crippen LogP contribution in [-0.2, 0) is 16.1 Å². The minimum Gasteiger partial charge on any atom is -0.349 e. The van der Waals surface area contributed by atoms with Crippen molar-refractivity contribution >= 4 is 33.4 Å². The summed E-state index contributed by atoms with van der Waals surface area (Å²) in [4.78, 5) is 26.7. The number of nitrogens with one attached hydrogen (secondary N) is 2. The van der Waals surface area contributed by atoms with Gasteiger partial charge in [-0.1, -0.05) is 46.6 Å². The highest BCUT2D eigenvalue weighted by atomic mass is 79.9. The summed E-state index contributed by atoms with van der Waals surface area (Å²) in [5.74, 6) is -0.281. The molecule has 6 heteroatoms. The molecule has 1 fully saturated rings. The zero-order valence-electron chi connectivity index (χ0n) is 16.8. The molecule has 29 heavy (non-hydrogen) atoms. The summed E-state index contributed by atoms with van der Waals surface area (Å²) in [5, 5.41) is 5.86. The van der Waals surface area contributed by atoms with Crippen LogP contribution in [0.3, 0.4) is 0 Å². The van der Waals surface area contributed by atoms with Crippen molar-refractivity contribution in [1.82, 2.24) is 10.2 Å². The van der Waals surface area contributed by atoms with Crippen LogP contribution in [0.2, 0.25) is 0 Å². The van der Waals surface area contributed by atoms with Crippen molar-refractivity contribution in [2.24, 2.45) is 0 Å². The number of hydrogen-bond donors (Lipinski definition) is 2. The van der Waals surface area contributed by atoms with Gasteiger partial charge in [0.1, 0.15) is 0 Å². The van der Waals surface area contributed by atoms with Gasteiger partial charge in [0.15, 0.2) is 0 Å². The van der Waals surface area contributed by atoms with Crippen molar-refractivity contribution in [2.75, 3.05) is 18.4 Å². The first-order valence-electron chi connectivity index (χ1n) is 10.1. The molecule has 0 spiro atoms. The molecule has 1 aliphatic heterocycles. The van der Waals surface area contributed by atoms with Gasteiger partial charge in [-0.15, -0.1) is 0 Å². The lowest BCUT2D eigenvalue weighted by Gasteiger charge is -2.26. The first-order chi connectivity index (χ1) is 14.0. The minimum atomic E-state index is -0.364. The molecule has 0 saturated carbocycles. The number of carbonyl (C=O) groups excluding carboxylic acids is 2. The van der Waals surface area contributed by atoms with Crippen LogP contribution in [-0.4, -0.2) is 29.8 Å². The van der Waals surface area contributed by atoms with E-state index in [-0.39, 0.29) is 24.3 Å². The van der Waals surface area contributed by atoms with Gasteiger partial charge in [-0.3, -0.25) is 14.5 Å². The third kappa shape index (κ3) is 6.98. The van der Waals surface area contributed by atoms with Gasteiger partial charge in [0.05, 0.1) is 12.5 Å². The second kappa shape index (κ2) is 10.6. The van der Waals surface area contributed by atoms with Crippen LogP contribution < -0.4 is 10.6 Å². The summed E-state index contributed by atoms with van der Waals surface area (Å²) in [6, 6.07) is 15.3. The SMILES string of the molecule is CC(=O)NC(CC(=O)Nc1cccc(CN2CCCCC2)c1)c1ccc(Br)cc1. The minimum absolute atomic E-state index is 0.123. The van der Waals surface area contributed by atoms with Crippen LogP contribution in [0, 0.1) is 0 Å². The average molecular weight is 458 g/mol. The Morgan fingerprint density at radius 1 is 1.07 bits per heavy atom. The number of nitrogens with zero attached hydrogens (tertiary/aromatic N) is 1. The van der Waals surface area contributed by atoms with E-state index in [0.29, 0.717) is 0 Å². The molecule has 2 N–H and O–H groups in total. The Balaban J connectivity index is 1.62. The highest BCUT2D eigenvalue weighted by Gasteiger charge is 2.18. The van der Waals surface area contributed by atoms with E-state index in [1.807, 2.05) is 42.5 Å². The zero-order valence-corrected chi connectivity index (χ0v) is 18.4. The van der Waals surface area contributed by atoms with E-state index in [9.17, 15) is 9.59 Å². The lowest BCUT2D eigenvalue weighted by Crippen LogP contribution is -2.30. The molecule has 0 bridgehead atoms. The van der Waals surface area contributed by atoms with Gasteiger partial charge in [-0.25, -0.2) is 0 Å². The molecule has 2 amide bonds. The normalized spacial score (nSPS) is 15.5. The van der Waals surface area contributed by atoms with E-state index in [2.05, 4.69) is 37.5 Å². The van der Waals surface area contributed by atoms with Crippen molar-refractivity contribution in [2.45, 2.75) is 45.2 Å². The molecule has 1 unspecified atom stereocenters. The van der Waals surface area contributed by atoms with E-state index < -0.39 is 0 Å². The summed E-state index contributed by atoms with van der Waals surface area (Å²) in [5.41, 5.74) is 2.90. The predicted octanol–water partition coefficient (Wildman–Crippen LogP) is 4.64. The zero-order chi connectivity index (χ0) is 20.6. The monoisotopic (exact) mass is 457 g/mol. The fourth-order valence-corrected chi connectivity index (χ4v) is 3.98. The molecule has 0 radical (unpaired) electrons. The summed E-state index contributed by atoms with van der Waals surface area (Å²) in [6.07, 6.45) is 4.02. The predicted molar refractivity (Wildman–Crippen MR) is 120 cm³/mol.